The SMILES string of the molecule is COc1ccc(/C=N\NC(=O)CSc2nnc(SCc3cccc4ccccc34)s2)c(OC)c1OC. The minimum absolute atomic E-state index is 0.170. The number of benzene rings is 3. The van der Waals surface area contributed by atoms with Gasteiger partial charge >= 0.3 is 0 Å². The summed E-state index contributed by atoms with van der Waals surface area (Å²) < 4.78 is 17.6. The molecule has 0 aliphatic heterocycles. The second-order valence-electron chi connectivity index (χ2n) is 7.27. The molecule has 0 saturated heterocycles. The predicted molar refractivity (Wildman–Crippen MR) is 146 cm³/mol. The lowest BCUT2D eigenvalue weighted by Gasteiger charge is -2.13. The molecule has 0 atom stereocenters. The third kappa shape index (κ3) is 6.28. The van der Waals surface area contributed by atoms with Crippen LogP contribution < -0.4 is 19.6 Å². The summed E-state index contributed by atoms with van der Waals surface area (Å²) in [6.07, 6.45) is 1.50. The molecule has 8 nitrogen and oxygen atoms in total. The number of hydrazone groups is 1. The second kappa shape index (κ2) is 12.6. The van der Waals surface area contributed by atoms with Crippen molar-refractivity contribution in [2.24, 2.45) is 5.10 Å². The number of carbonyl (C=O) groups is 1. The quantitative estimate of drug-likeness (QED) is 0.157. The number of hydrogen-bond acceptors (Lipinski definition) is 10. The van der Waals surface area contributed by atoms with E-state index in [1.54, 1.807) is 31.0 Å². The molecule has 0 spiro atoms. The molecule has 0 fully saturated rings. The molecule has 11 heteroatoms. The number of nitrogens with one attached hydrogen (secondary N) is 1. The van der Waals surface area contributed by atoms with E-state index < -0.39 is 0 Å². The number of aromatic nitrogens is 2. The van der Waals surface area contributed by atoms with Crippen LogP contribution in [0, 0.1) is 0 Å². The lowest BCUT2D eigenvalue weighted by molar-refractivity contribution is -0.118. The van der Waals surface area contributed by atoms with E-state index in [-0.39, 0.29) is 11.7 Å². The van der Waals surface area contributed by atoms with Crippen molar-refractivity contribution in [3.63, 3.8) is 0 Å². The maximum atomic E-state index is 12.3. The largest absolute Gasteiger partial charge is 0.493 e. The number of thioether (sulfide) groups is 2. The van der Waals surface area contributed by atoms with E-state index in [0.717, 1.165) is 14.4 Å². The summed E-state index contributed by atoms with van der Waals surface area (Å²) in [5.41, 5.74) is 4.42. The highest BCUT2D eigenvalue weighted by Crippen LogP contribution is 2.39. The van der Waals surface area contributed by atoms with Gasteiger partial charge in [-0.25, -0.2) is 5.43 Å². The maximum absolute atomic E-state index is 12.3. The molecule has 186 valence electrons. The molecule has 0 bridgehead atoms. The lowest BCUT2D eigenvalue weighted by atomic mass is 10.1. The van der Waals surface area contributed by atoms with E-state index in [0.29, 0.717) is 22.8 Å². The van der Waals surface area contributed by atoms with E-state index in [2.05, 4.69) is 57.1 Å². The Balaban J connectivity index is 1.28. The van der Waals surface area contributed by atoms with Crippen LogP contribution in [0.3, 0.4) is 0 Å². The van der Waals surface area contributed by atoms with Crippen molar-refractivity contribution < 1.29 is 19.0 Å². The molecular formula is C25H24N4O4S3. The van der Waals surface area contributed by atoms with Crippen LogP contribution in [-0.4, -0.2) is 49.4 Å². The summed E-state index contributed by atoms with van der Waals surface area (Å²) in [5, 5.41) is 15.0. The molecule has 4 aromatic rings. The molecule has 1 amide bonds. The molecule has 0 saturated carbocycles. The number of hydrogen-bond donors (Lipinski definition) is 1. The zero-order valence-electron chi connectivity index (χ0n) is 19.9. The third-order valence-corrected chi connectivity index (χ3v) is 8.31. The number of ether oxygens (including phenoxy) is 3. The first kappa shape index (κ1) is 25.8. The zero-order valence-corrected chi connectivity index (χ0v) is 22.3. The molecule has 36 heavy (non-hydrogen) atoms. The van der Waals surface area contributed by atoms with Crippen molar-refractivity contribution in [2.45, 2.75) is 14.4 Å². The monoisotopic (exact) mass is 540 g/mol. The fraction of sp³-hybridized carbons (Fsp3) is 0.200. The van der Waals surface area contributed by atoms with Crippen LogP contribution in [0.5, 0.6) is 17.2 Å². The normalized spacial score (nSPS) is 11.1. The van der Waals surface area contributed by atoms with Crippen molar-refractivity contribution in [1.82, 2.24) is 15.6 Å². The van der Waals surface area contributed by atoms with E-state index in [9.17, 15) is 4.79 Å². The van der Waals surface area contributed by atoms with E-state index in [1.165, 1.54) is 59.9 Å². The molecule has 1 aromatic heterocycles. The van der Waals surface area contributed by atoms with Crippen LogP contribution in [0.15, 0.2) is 68.4 Å². The van der Waals surface area contributed by atoms with Gasteiger partial charge in [0.05, 0.1) is 33.3 Å². The lowest BCUT2D eigenvalue weighted by Crippen LogP contribution is -2.19. The molecule has 3 aromatic carbocycles. The van der Waals surface area contributed by atoms with Gasteiger partial charge in [-0.15, -0.1) is 10.2 Å². The average Bonchev–Trinajstić information content (AvgIpc) is 3.38. The van der Waals surface area contributed by atoms with Crippen LogP contribution in [-0.2, 0) is 10.5 Å². The van der Waals surface area contributed by atoms with Gasteiger partial charge in [0.1, 0.15) is 0 Å². The highest BCUT2D eigenvalue weighted by molar-refractivity contribution is 8.03. The topological polar surface area (TPSA) is 94.9 Å². The van der Waals surface area contributed by atoms with Crippen molar-refractivity contribution >= 4 is 57.8 Å². The molecular weight excluding hydrogens is 517 g/mol. The van der Waals surface area contributed by atoms with Crippen LogP contribution in [0.1, 0.15) is 11.1 Å². The first-order valence-electron chi connectivity index (χ1n) is 10.8. The van der Waals surface area contributed by atoms with E-state index in [4.69, 9.17) is 14.2 Å². The van der Waals surface area contributed by atoms with Crippen molar-refractivity contribution in [2.75, 3.05) is 27.1 Å². The van der Waals surface area contributed by atoms with Gasteiger partial charge in [0, 0.05) is 11.3 Å². The summed E-state index contributed by atoms with van der Waals surface area (Å²) in [6.45, 7) is 0. The zero-order chi connectivity index (χ0) is 25.3. The Hall–Kier alpha value is -3.28. The third-order valence-electron chi connectivity index (χ3n) is 5.07. The van der Waals surface area contributed by atoms with Crippen LogP contribution >= 0.6 is 34.9 Å². The Kier molecular flexibility index (Phi) is 9.04. The summed E-state index contributed by atoms with van der Waals surface area (Å²) in [6, 6.07) is 18.2. The first-order valence-corrected chi connectivity index (χ1v) is 13.6. The van der Waals surface area contributed by atoms with Crippen molar-refractivity contribution in [3.8, 4) is 17.2 Å². The highest BCUT2D eigenvalue weighted by atomic mass is 32.2. The standard InChI is InChI=1S/C25H24N4O4S3/c1-31-20-12-11-17(22(32-2)23(20)33-3)13-26-27-21(30)15-35-25-29-28-24(36-25)34-14-18-9-6-8-16-7-4-5-10-19(16)18/h4-13H,14-15H2,1-3H3,(H,27,30)/b26-13-. The first-order chi connectivity index (χ1) is 17.6. The van der Waals surface area contributed by atoms with Crippen molar-refractivity contribution in [1.29, 1.82) is 0 Å². The van der Waals surface area contributed by atoms with Gasteiger partial charge in [-0.1, -0.05) is 77.3 Å². The van der Waals surface area contributed by atoms with Gasteiger partial charge in [-0.2, -0.15) is 5.10 Å². The Morgan fingerprint density at radius 3 is 2.47 bits per heavy atom. The molecule has 0 radical (unpaired) electrons. The minimum atomic E-state index is -0.254. The summed E-state index contributed by atoms with van der Waals surface area (Å²) in [4.78, 5) is 12.3. The van der Waals surface area contributed by atoms with Gasteiger partial charge in [0.2, 0.25) is 5.75 Å². The molecule has 0 aliphatic rings. The molecule has 0 aliphatic carbocycles. The van der Waals surface area contributed by atoms with E-state index in [1.807, 2.05) is 6.07 Å². The predicted octanol–water partition coefficient (Wildman–Crippen LogP) is 5.25. The molecule has 1 heterocycles. The van der Waals surface area contributed by atoms with Crippen LogP contribution in [0.4, 0.5) is 0 Å². The summed E-state index contributed by atoms with van der Waals surface area (Å²) >= 11 is 4.44. The second-order valence-corrected chi connectivity index (χ2v) is 10.7. The Bertz CT molecular complexity index is 1370. The molecule has 0 unspecified atom stereocenters. The number of carbonyl (C=O) groups excluding carboxylic acids is 1. The van der Waals surface area contributed by atoms with Gasteiger partial charge in [0.15, 0.2) is 20.2 Å². The summed E-state index contributed by atoms with van der Waals surface area (Å²) in [7, 11) is 4.61. The number of rotatable bonds is 11. The summed E-state index contributed by atoms with van der Waals surface area (Å²) in [5.74, 6) is 2.18. The Morgan fingerprint density at radius 2 is 1.69 bits per heavy atom. The Morgan fingerprint density at radius 1 is 0.944 bits per heavy atom. The van der Waals surface area contributed by atoms with Crippen molar-refractivity contribution in [3.05, 3.63) is 65.7 Å². The fourth-order valence-corrected chi connectivity index (χ4v) is 6.25. The van der Waals surface area contributed by atoms with Gasteiger partial charge in [0.25, 0.3) is 5.91 Å². The minimum Gasteiger partial charge on any atom is -0.493 e. The Labute approximate surface area is 221 Å². The van der Waals surface area contributed by atoms with E-state index >= 15 is 0 Å². The van der Waals surface area contributed by atoms with Crippen LogP contribution in [0.2, 0.25) is 0 Å². The average molecular weight is 541 g/mol. The maximum Gasteiger partial charge on any atom is 0.250 e. The fourth-order valence-electron chi connectivity index (χ4n) is 3.43. The smallest absolute Gasteiger partial charge is 0.250 e. The molecule has 1 N–H and O–H groups in total. The van der Waals surface area contributed by atoms with Gasteiger partial charge in [-0.3, -0.25) is 4.79 Å². The van der Waals surface area contributed by atoms with Crippen LogP contribution in [0.25, 0.3) is 10.8 Å². The van der Waals surface area contributed by atoms with Gasteiger partial charge in [-0.05, 0) is 28.5 Å². The number of methoxy groups -OCH3 is 3. The molecule has 4 rings (SSSR count). The number of nitrogens with zero attached hydrogens (tertiary/aromatic N) is 3. The van der Waals surface area contributed by atoms with Gasteiger partial charge < -0.3 is 14.2 Å². The highest BCUT2D eigenvalue weighted by Gasteiger charge is 2.15. The number of fused-ring (bicyclic) bond motifs is 1. The number of amides is 1.